The fourth-order valence-corrected chi connectivity index (χ4v) is 5.61. The Morgan fingerprint density at radius 1 is 1.21 bits per heavy atom. The van der Waals surface area contributed by atoms with Crippen molar-refractivity contribution in [3.8, 4) is 0 Å². The summed E-state index contributed by atoms with van der Waals surface area (Å²) in [7, 11) is -2.06. The zero-order valence-electron chi connectivity index (χ0n) is 20.6. The standard InChI is InChI=1S/C27H36FNO3Si/c1-6-29(12-13-33(4,5)32)11-7-8-25(30)27-18(2)14-21(19(27)3)15-24-23-17-22(28)10-9-20(23)16-26(24)31/h9-10,15,17,32H,6-8,11-14,16H2,1-5H3/b24-15-. The van der Waals surface area contributed by atoms with E-state index in [4.69, 9.17) is 0 Å². The van der Waals surface area contributed by atoms with E-state index in [1.807, 2.05) is 33.0 Å². The molecule has 2 aliphatic rings. The lowest BCUT2D eigenvalue weighted by molar-refractivity contribution is -0.115. The first kappa shape index (κ1) is 25.5. The van der Waals surface area contributed by atoms with E-state index in [-0.39, 0.29) is 17.4 Å². The number of allylic oxidation sites excluding steroid dienone is 6. The van der Waals surface area contributed by atoms with Crippen molar-refractivity contribution in [1.29, 1.82) is 0 Å². The average molecular weight is 470 g/mol. The van der Waals surface area contributed by atoms with Crippen molar-refractivity contribution < 1.29 is 18.8 Å². The molecule has 6 heteroatoms. The fourth-order valence-electron chi connectivity index (χ4n) is 4.75. The number of hydrogen-bond acceptors (Lipinski definition) is 4. The van der Waals surface area contributed by atoms with E-state index in [1.165, 1.54) is 12.1 Å². The number of nitrogens with zero attached hydrogens (tertiary/aromatic N) is 1. The number of Topliss-reactive ketones (excluding diaryl/α,β-unsaturated/α-hetero) is 2. The predicted molar refractivity (Wildman–Crippen MR) is 134 cm³/mol. The quantitative estimate of drug-likeness (QED) is 0.376. The molecule has 0 bridgehead atoms. The minimum Gasteiger partial charge on any atom is -0.432 e. The number of carbonyl (C=O) groups excluding carboxylic acids is 2. The number of ketones is 2. The molecule has 1 aromatic carbocycles. The van der Waals surface area contributed by atoms with Crippen LogP contribution in [0.1, 0.15) is 51.2 Å². The lowest BCUT2D eigenvalue weighted by atomic mass is 9.98. The lowest BCUT2D eigenvalue weighted by Crippen LogP contribution is -2.34. The summed E-state index contributed by atoms with van der Waals surface area (Å²) < 4.78 is 13.8. The van der Waals surface area contributed by atoms with Crippen LogP contribution in [-0.4, -0.2) is 49.2 Å². The van der Waals surface area contributed by atoms with Crippen molar-refractivity contribution in [2.75, 3.05) is 19.6 Å². The Labute approximate surface area is 198 Å². The van der Waals surface area contributed by atoms with Crippen molar-refractivity contribution in [2.45, 2.75) is 65.6 Å². The predicted octanol–water partition coefficient (Wildman–Crippen LogP) is 5.24. The van der Waals surface area contributed by atoms with Gasteiger partial charge in [0.1, 0.15) is 5.82 Å². The summed E-state index contributed by atoms with van der Waals surface area (Å²) in [5.41, 5.74) is 5.82. The SMILES string of the molecule is CCN(CCCC(=O)C1=C(C)CC(/C=C2\C(=O)Cc3ccc(F)cc32)=C1C)CC[Si](C)(C)O. The Morgan fingerprint density at radius 2 is 1.94 bits per heavy atom. The van der Waals surface area contributed by atoms with Crippen LogP contribution in [0.25, 0.3) is 5.57 Å². The minimum absolute atomic E-state index is 0.00195. The first-order valence-corrected chi connectivity index (χ1v) is 15.1. The van der Waals surface area contributed by atoms with Gasteiger partial charge in [0.05, 0.1) is 0 Å². The van der Waals surface area contributed by atoms with Crippen LogP contribution in [0.3, 0.4) is 0 Å². The lowest BCUT2D eigenvalue weighted by Gasteiger charge is -2.23. The number of hydrogen-bond donors (Lipinski definition) is 1. The Kier molecular flexibility index (Phi) is 8.03. The van der Waals surface area contributed by atoms with E-state index in [9.17, 15) is 18.8 Å². The van der Waals surface area contributed by atoms with Crippen LogP contribution in [0.5, 0.6) is 0 Å². The molecular weight excluding hydrogens is 433 g/mol. The average Bonchev–Trinajstić information content (AvgIpc) is 3.19. The summed E-state index contributed by atoms with van der Waals surface area (Å²) >= 11 is 0. The topological polar surface area (TPSA) is 57.6 Å². The van der Waals surface area contributed by atoms with Crippen molar-refractivity contribution >= 4 is 25.5 Å². The Hall–Kier alpha value is -2.15. The van der Waals surface area contributed by atoms with E-state index < -0.39 is 8.32 Å². The number of carbonyl (C=O) groups is 2. The second kappa shape index (κ2) is 10.4. The molecule has 0 heterocycles. The van der Waals surface area contributed by atoms with E-state index in [1.54, 1.807) is 6.07 Å². The Balaban J connectivity index is 1.67. The molecule has 0 saturated carbocycles. The van der Waals surface area contributed by atoms with Crippen LogP contribution >= 0.6 is 0 Å². The van der Waals surface area contributed by atoms with Gasteiger partial charge < -0.3 is 9.70 Å². The summed E-state index contributed by atoms with van der Waals surface area (Å²) in [6.45, 7) is 12.6. The molecule has 0 atom stereocenters. The third kappa shape index (κ3) is 6.25. The molecule has 0 aromatic heterocycles. The largest absolute Gasteiger partial charge is 0.432 e. The second-order valence-electron chi connectivity index (χ2n) is 9.97. The van der Waals surface area contributed by atoms with Gasteiger partial charge in [0, 0.05) is 24.0 Å². The van der Waals surface area contributed by atoms with Gasteiger partial charge in [-0.25, -0.2) is 4.39 Å². The number of halogens is 1. The van der Waals surface area contributed by atoms with Gasteiger partial charge in [-0.1, -0.05) is 18.6 Å². The van der Waals surface area contributed by atoms with Crippen LogP contribution in [0, 0.1) is 5.82 Å². The summed E-state index contributed by atoms with van der Waals surface area (Å²) in [4.78, 5) is 38.0. The fraction of sp³-hybridized carbons (Fsp3) is 0.481. The number of fused-ring (bicyclic) bond motifs is 1. The summed E-state index contributed by atoms with van der Waals surface area (Å²) in [5.74, 6) is -0.194. The summed E-state index contributed by atoms with van der Waals surface area (Å²) in [6.07, 6.45) is 4.08. The molecule has 1 N–H and O–H groups in total. The molecule has 0 fully saturated rings. The first-order valence-electron chi connectivity index (χ1n) is 11.9. The molecule has 4 nitrogen and oxygen atoms in total. The molecule has 2 aliphatic carbocycles. The Bertz CT molecular complexity index is 1050. The normalized spacial score (nSPS) is 17.7. The molecule has 0 saturated heterocycles. The van der Waals surface area contributed by atoms with Crippen LogP contribution in [0.15, 0.2) is 46.6 Å². The van der Waals surface area contributed by atoms with Gasteiger partial charge in [-0.2, -0.15) is 0 Å². The molecular formula is C27H36FNO3Si. The molecule has 178 valence electrons. The van der Waals surface area contributed by atoms with Crippen LogP contribution in [0.2, 0.25) is 19.1 Å². The molecule has 0 spiro atoms. The van der Waals surface area contributed by atoms with Crippen LogP contribution < -0.4 is 0 Å². The number of rotatable bonds is 10. The van der Waals surface area contributed by atoms with Gasteiger partial charge in [-0.05, 0) is 106 Å². The molecule has 0 amide bonds. The third-order valence-electron chi connectivity index (χ3n) is 6.72. The monoisotopic (exact) mass is 469 g/mol. The highest BCUT2D eigenvalue weighted by Gasteiger charge is 2.28. The zero-order chi connectivity index (χ0) is 24.3. The van der Waals surface area contributed by atoms with Gasteiger partial charge in [-0.15, -0.1) is 0 Å². The van der Waals surface area contributed by atoms with Gasteiger partial charge in [0.15, 0.2) is 19.9 Å². The third-order valence-corrected chi connectivity index (χ3v) is 8.16. The molecule has 0 aliphatic heterocycles. The van der Waals surface area contributed by atoms with Gasteiger partial charge in [-0.3, -0.25) is 9.59 Å². The highest BCUT2D eigenvalue weighted by molar-refractivity contribution is 6.69. The molecule has 0 unspecified atom stereocenters. The summed E-state index contributed by atoms with van der Waals surface area (Å²) in [6, 6.07) is 5.35. The zero-order valence-corrected chi connectivity index (χ0v) is 21.6. The van der Waals surface area contributed by atoms with Crippen molar-refractivity contribution in [3.05, 3.63) is 63.5 Å². The molecule has 33 heavy (non-hydrogen) atoms. The molecule has 1 aromatic rings. The number of benzene rings is 1. The van der Waals surface area contributed by atoms with E-state index in [0.717, 1.165) is 60.0 Å². The van der Waals surface area contributed by atoms with Crippen molar-refractivity contribution in [3.63, 3.8) is 0 Å². The molecule has 3 rings (SSSR count). The smallest absolute Gasteiger partial charge is 0.183 e. The maximum absolute atomic E-state index is 13.8. The first-order chi connectivity index (χ1) is 15.5. The van der Waals surface area contributed by atoms with Gasteiger partial charge in [0.2, 0.25) is 0 Å². The second-order valence-corrected chi connectivity index (χ2v) is 14.1. The Morgan fingerprint density at radius 3 is 2.61 bits per heavy atom. The minimum atomic E-state index is -2.06. The van der Waals surface area contributed by atoms with Crippen LogP contribution in [-0.2, 0) is 16.0 Å². The van der Waals surface area contributed by atoms with E-state index >= 15 is 0 Å². The summed E-state index contributed by atoms with van der Waals surface area (Å²) in [5, 5.41) is 0. The van der Waals surface area contributed by atoms with Gasteiger partial charge >= 0.3 is 0 Å². The highest BCUT2D eigenvalue weighted by Crippen LogP contribution is 2.38. The van der Waals surface area contributed by atoms with Crippen molar-refractivity contribution in [1.82, 2.24) is 4.90 Å². The molecule has 0 radical (unpaired) electrons. The van der Waals surface area contributed by atoms with Gasteiger partial charge in [0.25, 0.3) is 0 Å². The van der Waals surface area contributed by atoms with E-state index in [0.29, 0.717) is 30.4 Å². The van der Waals surface area contributed by atoms with Crippen LogP contribution in [0.4, 0.5) is 4.39 Å². The maximum atomic E-state index is 13.8. The highest BCUT2D eigenvalue weighted by atomic mass is 28.4. The van der Waals surface area contributed by atoms with E-state index in [2.05, 4.69) is 11.8 Å². The maximum Gasteiger partial charge on any atom is 0.183 e. The van der Waals surface area contributed by atoms with Crippen molar-refractivity contribution in [2.24, 2.45) is 0 Å².